The maximum atomic E-state index is 13.5. The van der Waals surface area contributed by atoms with Gasteiger partial charge >= 0.3 is 6.18 Å². The molecule has 0 heterocycles. The van der Waals surface area contributed by atoms with E-state index in [0.29, 0.717) is 5.56 Å². The van der Waals surface area contributed by atoms with Crippen LogP contribution in [0.1, 0.15) is 11.1 Å². The van der Waals surface area contributed by atoms with Crippen LogP contribution in [0.3, 0.4) is 0 Å². The van der Waals surface area contributed by atoms with Gasteiger partial charge in [0.15, 0.2) is 0 Å². The molecule has 0 amide bonds. The third kappa shape index (κ3) is 3.34. The van der Waals surface area contributed by atoms with Crippen molar-refractivity contribution >= 4 is 11.6 Å². The van der Waals surface area contributed by atoms with Gasteiger partial charge in [-0.1, -0.05) is 23.7 Å². The predicted octanol–water partition coefficient (Wildman–Crippen LogP) is 5.23. The van der Waals surface area contributed by atoms with E-state index in [1.165, 1.54) is 18.2 Å². The van der Waals surface area contributed by atoms with Crippen molar-refractivity contribution in [1.82, 2.24) is 0 Å². The van der Waals surface area contributed by atoms with E-state index in [-0.39, 0.29) is 22.6 Å². The number of nitrogens with zero attached hydrogens (tertiary/aromatic N) is 1. The van der Waals surface area contributed by atoms with Crippen molar-refractivity contribution in [3.63, 3.8) is 0 Å². The highest BCUT2D eigenvalue weighted by Gasteiger charge is 2.31. The van der Waals surface area contributed by atoms with Crippen LogP contribution < -0.4 is 0 Å². The molecule has 1 nitrogen and oxygen atoms in total. The van der Waals surface area contributed by atoms with Crippen molar-refractivity contribution in [2.75, 3.05) is 0 Å². The first-order chi connectivity index (χ1) is 9.82. The average Bonchev–Trinajstić information content (AvgIpc) is 2.41. The molecule has 0 aliphatic rings. The van der Waals surface area contributed by atoms with Crippen LogP contribution in [0.2, 0.25) is 5.02 Å². The lowest BCUT2D eigenvalue weighted by Crippen LogP contribution is -2.05. The Morgan fingerprint density at radius 2 is 1.81 bits per heavy atom. The van der Waals surface area contributed by atoms with E-state index in [2.05, 4.69) is 0 Å². The Morgan fingerprint density at radius 1 is 1.10 bits per heavy atom. The Kier molecular flexibility index (Phi) is 4.19. The molecule has 2 rings (SSSR count). The first-order valence-corrected chi connectivity index (χ1v) is 6.23. The van der Waals surface area contributed by atoms with E-state index in [4.69, 9.17) is 16.9 Å². The molecule has 0 saturated heterocycles. The zero-order chi connectivity index (χ0) is 15.6. The van der Waals surface area contributed by atoms with Crippen molar-refractivity contribution in [1.29, 1.82) is 5.26 Å². The summed E-state index contributed by atoms with van der Waals surface area (Å²) in [5.41, 5.74) is -0.0445. The smallest absolute Gasteiger partial charge is 0.205 e. The molecule has 0 aliphatic heterocycles. The molecule has 0 radical (unpaired) electrons. The fraction of sp³-hybridized carbons (Fsp3) is 0.133. The number of hydrogen-bond acceptors (Lipinski definition) is 1. The van der Waals surface area contributed by atoms with Gasteiger partial charge in [0, 0.05) is 0 Å². The molecule has 0 atom stereocenters. The van der Waals surface area contributed by atoms with E-state index < -0.39 is 17.6 Å². The van der Waals surface area contributed by atoms with E-state index in [1.807, 2.05) is 6.07 Å². The third-order valence-corrected chi connectivity index (χ3v) is 3.24. The van der Waals surface area contributed by atoms with Crippen LogP contribution in [0.5, 0.6) is 0 Å². The molecule has 0 fully saturated rings. The molecule has 0 spiro atoms. The molecule has 0 bridgehead atoms. The highest BCUT2D eigenvalue weighted by molar-refractivity contribution is 6.30. The van der Waals surface area contributed by atoms with Gasteiger partial charge in [-0.05, 0) is 41.0 Å². The van der Waals surface area contributed by atoms with Crippen LogP contribution >= 0.6 is 11.6 Å². The van der Waals surface area contributed by atoms with Crippen molar-refractivity contribution in [3.05, 3.63) is 58.4 Å². The van der Waals surface area contributed by atoms with Crippen molar-refractivity contribution in [2.45, 2.75) is 12.6 Å². The van der Waals surface area contributed by atoms with Gasteiger partial charge in [-0.2, -0.15) is 18.4 Å². The minimum absolute atomic E-state index is 0.0717. The largest absolute Gasteiger partial charge is 0.416 e. The first kappa shape index (κ1) is 15.3. The van der Waals surface area contributed by atoms with Gasteiger partial charge in [0.2, 0.25) is 0 Å². The highest BCUT2D eigenvalue weighted by atomic mass is 35.5. The summed E-state index contributed by atoms with van der Waals surface area (Å²) in [6, 6.07) is 8.66. The third-order valence-electron chi connectivity index (χ3n) is 2.94. The quantitative estimate of drug-likeness (QED) is 0.696. The number of alkyl halides is 3. The topological polar surface area (TPSA) is 23.8 Å². The molecule has 0 unspecified atom stereocenters. The molecule has 108 valence electrons. The summed E-state index contributed by atoms with van der Waals surface area (Å²) in [6.45, 7) is 0. The zero-order valence-corrected chi connectivity index (χ0v) is 11.3. The zero-order valence-electron chi connectivity index (χ0n) is 10.5. The fourth-order valence-electron chi connectivity index (χ4n) is 1.92. The molecule has 6 heteroatoms. The molecular weight excluding hydrogens is 306 g/mol. The van der Waals surface area contributed by atoms with E-state index in [9.17, 15) is 17.6 Å². The standard InChI is InChI=1S/C15H8ClF4N/c16-13-4-2-10(7-14(13)17)12-8-11(15(18,19)20)3-1-9(12)5-6-21/h1-4,7-8H,5H2. The lowest BCUT2D eigenvalue weighted by atomic mass is 9.95. The Labute approximate surface area is 123 Å². The van der Waals surface area contributed by atoms with E-state index >= 15 is 0 Å². The molecule has 2 aromatic rings. The summed E-state index contributed by atoms with van der Waals surface area (Å²) in [4.78, 5) is 0. The van der Waals surface area contributed by atoms with Gasteiger partial charge in [-0.3, -0.25) is 0 Å². The molecule has 0 saturated carbocycles. The minimum Gasteiger partial charge on any atom is -0.205 e. The average molecular weight is 314 g/mol. The van der Waals surface area contributed by atoms with Gasteiger partial charge in [0.25, 0.3) is 0 Å². The van der Waals surface area contributed by atoms with Gasteiger partial charge in [-0.15, -0.1) is 0 Å². The first-order valence-electron chi connectivity index (χ1n) is 5.85. The minimum atomic E-state index is -4.51. The summed E-state index contributed by atoms with van der Waals surface area (Å²) in [7, 11) is 0. The molecule has 2 aromatic carbocycles. The van der Waals surface area contributed by atoms with Crippen LogP contribution in [-0.2, 0) is 12.6 Å². The maximum Gasteiger partial charge on any atom is 0.416 e. The van der Waals surface area contributed by atoms with Crippen molar-refractivity contribution in [3.8, 4) is 17.2 Å². The molecule has 21 heavy (non-hydrogen) atoms. The summed E-state index contributed by atoms with van der Waals surface area (Å²) in [6.07, 6.45) is -4.58. The summed E-state index contributed by atoms with van der Waals surface area (Å²) >= 11 is 5.57. The second-order valence-electron chi connectivity index (χ2n) is 4.33. The number of benzene rings is 2. The van der Waals surface area contributed by atoms with E-state index in [0.717, 1.165) is 18.2 Å². The summed E-state index contributed by atoms with van der Waals surface area (Å²) < 4.78 is 51.9. The fourth-order valence-corrected chi connectivity index (χ4v) is 2.04. The van der Waals surface area contributed by atoms with Gasteiger partial charge in [-0.25, -0.2) is 4.39 Å². The van der Waals surface area contributed by atoms with Crippen LogP contribution in [0.4, 0.5) is 17.6 Å². The SMILES string of the molecule is N#CCc1ccc(C(F)(F)F)cc1-c1ccc(Cl)c(F)c1. The Balaban J connectivity index is 2.63. The second-order valence-corrected chi connectivity index (χ2v) is 4.74. The predicted molar refractivity (Wildman–Crippen MR) is 71.2 cm³/mol. The molecular formula is C15H8ClF4N. The number of hydrogen-bond donors (Lipinski definition) is 0. The summed E-state index contributed by atoms with van der Waals surface area (Å²) in [5, 5.41) is 8.63. The van der Waals surface area contributed by atoms with Gasteiger partial charge in [0.1, 0.15) is 5.82 Å². The van der Waals surface area contributed by atoms with Crippen molar-refractivity contribution in [2.24, 2.45) is 0 Å². The lowest BCUT2D eigenvalue weighted by molar-refractivity contribution is -0.137. The Morgan fingerprint density at radius 3 is 2.38 bits per heavy atom. The Bertz CT molecular complexity index is 717. The molecule has 0 aliphatic carbocycles. The maximum absolute atomic E-state index is 13.5. The van der Waals surface area contributed by atoms with Crippen LogP contribution in [0.15, 0.2) is 36.4 Å². The summed E-state index contributed by atoms with van der Waals surface area (Å²) in [5.74, 6) is -0.727. The monoisotopic (exact) mass is 313 g/mol. The van der Waals surface area contributed by atoms with Gasteiger partial charge in [0.05, 0.1) is 23.1 Å². The lowest BCUT2D eigenvalue weighted by Gasteiger charge is -2.13. The molecule has 0 N–H and O–H groups in total. The normalized spacial score (nSPS) is 11.2. The van der Waals surface area contributed by atoms with Crippen molar-refractivity contribution < 1.29 is 17.6 Å². The number of nitriles is 1. The highest BCUT2D eigenvalue weighted by Crippen LogP contribution is 2.35. The number of halogens is 5. The second kappa shape index (κ2) is 5.74. The van der Waals surface area contributed by atoms with Crippen LogP contribution in [-0.4, -0.2) is 0 Å². The van der Waals surface area contributed by atoms with Crippen LogP contribution in [0.25, 0.3) is 11.1 Å². The van der Waals surface area contributed by atoms with Gasteiger partial charge < -0.3 is 0 Å². The van der Waals surface area contributed by atoms with Crippen LogP contribution in [0, 0.1) is 17.1 Å². The number of rotatable bonds is 2. The Hall–Kier alpha value is -2.06. The molecule has 0 aromatic heterocycles. The van der Waals surface area contributed by atoms with E-state index in [1.54, 1.807) is 0 Å².